The lowest BCUT2D eigenvalue weighted by Gasteiger charge is -2.31. The minimum Gasteiger partial charge on any atom is -0.325 e. The summed E-state index contributed by atoms with van der Waals surface area (Å²) in [4.78, 5) is 4.28. The van der Waals surface area contributed by atoms with Gasteiger partial charge in [-0.3, -0.25) is 4.68 Å². The van der Waals surface area contributed by atoms with Crippen LogP contribution in [-0.4, -0.2) is 20.3 Å². The van der Waals surface area contributed by atoms with Crippen molar-refractivity contribution in [2.45, 2.75) is 56.9 Å². The number of rotatable bonds is 2. The van der Waals surface area contributed by atoms with Crippen molar-refractivity contribution in [1.29, 1.82) is 0 Å². The molecule has 0 saturated heterocycles. The average Bonchev–Trinajstić information content (AvgIpc) is 2.59. The third kappa shape index (κ3) is 2.82. The van der Waals surface area contributed by atoms with Crippen LogP contribution in [0, 0.1) is 0 Å². The van der Waals surface area contributed by atoms with Gasteiger partial charge in [-0.15, -0.1) is 0 Å². The minimum atomic E-state index is -0.0544. The van der Waals surface area contributed by atoms with E-state index in [1.807, 2.05) is 11.7 Å². The van der Waals surface area contributed by atoms with Gasteiger partial charge in [0.2, 0.25) is 0 Å². The first kappa shape index (κ1) is 11.6. The number of aryl methyl sites for hydroxylation is 1. The molecule has 1 heterocycles. The van der Waals surface area contributed by atoms with E-state index in [-0.39, 0.29) is 5.54 Å². The van der Waals surface area contributed by atoms with Crippen LogP contribution in [0.4, 0.5) is 0 Å². The number of nitrogens with zero attached hydrogens (tertiary/aromatic N) is 3. The molecule has 1 aliphatic carbocycles. The molecule has 4 nitrogen and oxygen atoms in total. The lowest BCUT2D eigenvalue weighted by Crippen LogP contribution is -2.43. The maximum absolute atomic E-state index is 6.51. The Kier molecular flexibility index (Phi) is 3.59. The summed E-state index contributed by atoms with van der Waals surface area (Å²) in [5.41, 5.74) is 6.45. The van der Waals surface area contributed by atoms with Gasteiger partial charge < -0.3 is 5.73 Å². The molecule has 0 amide bonds. The van der Waals surface area contributed by atoms with Crippen LogP contribution < -0.4 is 5.73 Å². The molecular formula is C12H22N4. The molecule has 2 N–H and O–H groups in total. The Morgan fingerprint density at radius 2 is 1.88 bits per heavy atom. The van der Waals surface area contributed by atoms with Crippen molar-refractivity contribution < 1.29 is 0 Å². The predicted octanol–water partition coefficient (Wildman–Crippen LogP) is 1.80. The van der Waals surface area contributed by atoms with Crippen LogP contribution in [0.2, 0.25) is 0 Å². The summed E-state index contributed by atoms with van der Waals surface area (Å²) in [6.45, 7) is 0. The van der Waals surface area contributed by atoms with Crippen molar-refractivity contribution in [3.8, 4) is 0 Å². The first-order valence-electron chi connectivity index (χ1n) is 6.31. The zero-order valence-corrected chi connectivity index (χ0v) is 10.2. The summed E-state index contributed by atoms with van der Waals surface area (Å²) in [5.74, 6) is 1.02. The summed E-state index contributed by atoms with van der Waals surface area (Å²) in [7, 11) is 1.94. The fraction of sp³-hybridized carbons (Fsp3) is 0.833. The molecule has 1 aliphatic rings. The van der Waals surface area contributed by atoms with Crippen molar-refractivity contribution in [2.24, 2.45) is 12.8 Å². The van der Waals surface area contributed by atoms with E-state index in [2.05, 4.69) is 10.1 Å². The standard InChI is InChI=1S/C12H22N4/c1-16-11(14-10-15-16)9-12(13)7-5-3-2-4-6-8-12/h10H,2-9,13H2,1H3. The molecule has 1 fully saturated rings. The van der Waals surface area contributed by atoms with E-state index in [4.69, 9.17) is 5.73 Å². The molecule has 90 valence electrons. The van der Waals surface area contributed by atoms with Gasteiger partial charge in [0.1, 0.15) is 12.2 Å². The smallest absolute Gasteiger partial charge is 0.138 e. The van der Waals surface area contributed by atoms with Gasteiger partial charge in [0, 0.05) is 19.0 Å². The molecule has 2 rings (SSSR count). The normalized spacial score (nSPS) is 21.4. The van der Waals surface area contributed by atoms with Gasteiger partial charge in [-0.25, -0.2) is 4.98 Å². The van der Waals surface area contributed by atoms with Gasteiger partial charge >= 0.3 is 0 Å². The molecule has 0 unspecified atom stereocenters. The lowest BCUT2D eigenvalue weighted by molar-refractivity contribution is 0.306. The molecular weight excluding hydrogens is 200 g/mol. The summed E-state index contributed by atoms with van der Waals surface area (Å²) in [6, 6.07) is 0. The summed E-state index contributed by atoms with van der Waals surface area (Å²) in [5, 5.41) is 4.11. The van der Waals surface area contributed by atoms with E-state index in [1.165, 1.54) is 32.1 Å². The van der Waals surface area contributed by atoms with E-state index >= 15 is 0 Å². The second-order valence-electron chi connectivity index (χ2n) is 5.11. The summed E-state index contributed by atoms with van der Waals surface area (Å²) >= 11 is 0. The maximum Gasteiger partial charge on any atom is 0.138 e. The molecule has 0 radical (unpaired) electrons. The highest BCUT2D eigenvalue weighted by molar-refractivity contribution is 4.97. The van der Waals surface area contributed by atoms with Gasteiger partial charge in [0.15, 0.2) is 0 Å². The first-order chi connectivity index (χ1) is 7.70. The third-order valence-corrected chi connectivity index (χ3v) is 3.66. The number of aromatic nitrogens is 3. The van der Waals surface area contributed by atoms with Crippen molar-refractivity contribution in [2.75, 3.05) is 0 Å². The van der Waals surface area contributed by atoms with Crippen molar-refractivity contribution in [3.05, 3.63) is 12.2 Å². The highest BCUT2D eigenvalue weighted by atomic mass is 15.3. The number of nitrogens with two attached hydrogens (primary N) is 1. The van der Waals surface area contributed by atoms with Crippen LogP contribution in [0.25, 0.3) is 0 Å². The van der Waals surface area contributed by atoms with Gasteiger partial charge in [-0.05, 0) is 12.8 Å². The van der Waals surface area contributed by atoms with E-state index in [9.17, 15) is 0 Å². The molecule has 16 heavy (non-hydrogen) atoms. The van der Waals surface area contributed by atoms with Crippen LogP contribution in [-0.2, 0) is 13.5 Å². The van der Waals surface area contributed by atoms with Crippen molar-refractivity contribution in [3.63, 3.8) is 0 Å². The highest BCUT2D eigenvalue weighted by Gasteiger charge is 2.27. The largest absolute Gasteiger partial charge is 0.325 e. The molecule has 0 spiro atoms. The molecule has 0 aliphatic heterocycles. The van der Waals surface area contributed by atoms with Gasteiger partial charge in [-0.2, -0.15) is 5.10 Å². The molecule has 4 heteroatoms. The topological polar surface area (TPSA) is 56.7 Å². The van der Waals surface area contributed by atoms with E-state index < -0.39 is 0 Å². The third-order valence-electron chi connectivity index (χ3n) is 3.66. The Labute approximate surface area is 97.2 Å². The van der Waals surface area contributed by atoms with Crippen LogP contribution in [0.3, 0.4) is 0 Å². The zero-order chi connectivity index (χ0) is 11.4. The Bertz CT molecular complexity index is 324. The van der Waals surface area contributed by atoms with E-state index in [0.29, 0.717) is 0 Å². The van der Waals surface area contributed by atoms with Gasteiger partial charge in [-0.1, -0.05) is 32.1 Å². The first-order valence-corrected chi connectivity index (χ1v) is 6.31. The van der Waals surface area contributed by atoms with Crippen LogP contribution in [0.5, 0.6) is 0 Å². The molecule has 1 aromatic rings. The molecule has 0 bridgehead atoms. The molecule has 0 atom stereocenters. The lowest BCUT2D eigenvalue weighted by atomic mass is 9.82. The predicted molar refractivity (Wildman–Crippen MR) is 63.9 cm³/mol. The van der Waals surface area contributed by atoms with Crippen LogP contribution in [0.1, 0.15) is 50.8 Å². The Balaban J connectivity index is 2.02. The summed E-state index contributed by atoms with van der Waals surface area (Å²) in [6.07, 6.45) is 11.3. The second kappa shape index (κ2) is 4.95. The van der Waals surface area contributed by atoms with Gasteiger partial charge in [0.05, 0.1) is 0 Å². The van der Waals surface area contributed by atoms with E-state index in [0.717, 1.165) is 25.1 Å². The monoisotopic (exact) mass is 222 g/mol. The van der Waals surface area contributed by atoms with Gasteiger partial charge in [0.25, 0.3) is 0 Å². The fourth-order valence-corrected chi connectivity index (χ4v) is 2.58. The average molecular weight is 222 g/mol. The molecule has 1 saturated carbocycles. The molecule has 1 aromatic heterocycles. The maximum atomic E-state index is 6.51. The quantitative estimate of drug-likeness (QED) is 0.830. The second-order valence-corrected chi connectivity index (χ2v) is 5.11. The number of hydrogen-bond donors (Lipinski definition) is 1. The highest BCUT2D eigenvalue weighted by Crippen LogP contribution is 2.26. The summed E-state index contributed by atoms with van der Waals surface area (Å²) < 4.78 is 1.84. The Hall–Kier alpha value is -0.900. The van der Waals surface area contributed by atoms with Crippen molar-refractivity contribution >= 4 is 0 Å². The van der Waals surface area contributed by atoms with Crippen LogP contribution in [0.15, 0.2) is 6.33 Å². The SMILES string of the molecule is Cn1ncnc1CC1(N)CCCCCCC1. The van der Waals surface area contributed by atoms with E-state index in [1.54, 1.807) is 6.33 Å². The fourth-order valence-electron chi connectivity index (χ4n) is 2.58. The zero-order valence-electron chi connectivity index (χ0n) is 10.2. The van der Waals surface area contributed by atoms with Crippen LogP contribution >= 0.6 is 0 Å². The Morgan fingerprint density at radius 3 is 2.44 bits per heavy atom. The Morgan fingerprint density at radius 1 is 1.25 bits per heavy atom. The minimum absolute atomic E-state index is 0.0544. The number of hydrogen-bond acceptors (Lipinski definition) is 3. The molecule has 0 aromatic carbocycles. The van der Waals surface area contributed by atoms with Crippen molar-refractivity contribution in [1.82, 2.24) is 14.8 Å².